The molecule has 5 nitrogen and oxygen atoms in total. The molecule has 2 aliphatic heterocycles. The lowest BCUT2D eigenvalue weighted by Gasteiger charge is -2.23. The number of aromatic nitrogens is 2. The van der Waals surface area contributed by atoms with Crippen molar-refractivity contribution >= 4 is 16.9 Å². The summed E-state index contributed by atoms with van der Waals surface area (Å²) < 4.78 is 0. The fraction of sp³-hybridized carbons (Fsp3) is 0.611. The first-order chi connectivity index (χ1) is 11.4. The predicted molar refractivity (Wildman–Crippen MR) is 95.0 cm³/mol. The van der Waals surface area contributed by atoms with Gasteiger partial charge in [-0.05, 0) is 81.4 Å². The molecule has 2 aliphatic rings. The van der Waals surface area contributed by atoms with E-state index in [1.165, 1.54) is 36.6 Å². The first kappa shape index (κ1) is 15.0. The Kier molecular flexibility index (Phi) is 4.48. The number of hydrogen-bond donors (Lipinski definition) is 4. The molecule has 0 spiro atoms. The number of pyridine rings is 1. The molecule has 0 aliphatic carbocycles. The summed E-state index contributed by atoms with van der Waals surface area (Å²) in [4.78, 5) is 8.16. The van der Waals surface area contributed by atoms with Gasteiger partial charge in [-0.15, -0.1) is 0 Å². The summed E-state index contributed by atoms with van der Waals surface area (Å²) in [5.74, 6) is 2.43. The van der Waals surface area contributed by atoms with Crippen molar-refractivity contribution in [2.75, 3.05) is 38.0 Å². The van der Waals surface area contributed by atoms with Gasteiger partial charge in [-0.1, -0.05) is 0 Å². The number of rotatable bonds is 4. The third kappa shape index (κ3) is 3.35. The standard InChI is InChI=1S/C18H27N5/c1-2-17(21-11-13-3-7-19-8-4-13)23-18-15(1)16(12-22-18)14-5-9-20-10-6-14/h1-2,12-14,19-20H,3-11H2,(H2,21,22,23). The average Bonchev–Trinajstić information content (AvgIpc) is 3.05. The third-order valence-electron chi connectivity index (χ3n) is 5.38. The van der Waals surface area contributed by atoms with Gasteiger partial charge in [-0.3, -0.25) is 0 Å². The van der Waals surface area contributed by atoms with Crippen LogP contribution >= 0.6 is 0 Å². The molecule has 0 aromatic carbocycles. The Hall–Kier alpha value is -1.59. The minimum Gasteiger partial charge on any atom is -0.370 e. The molecule has 0 saturated carbocycles. The molecule has 0 unspecified atom stereocenters. The maximum Gasteiger partial charge on any atom is 0.139 e. The molecule has 2 aromatic rings. The van der Waals surface area contributed by atoms with E-state index >= 15 is 0 Å². The lowest BCUT2D eigenvalue weighted by molar-refractivity contribution is 0.389. The van der Waals surface area contributed by atoms with Crippen LogP contribution in [0, 0.1) is 5.92 Å². The van der Waals surface area contributed by atoms with Crippen molar-refractivity contribution in [3.05, 3.63) is 23.9 Å². The van der Waals surface area contributed by atoms with Crippen LogP contribution in [0.3, 0.4) is 0 Å². The molecule has 23 heavy (non-hydrogen) atoms. The molecular formula is C18H27N5. The van der Waals surface area contributed by atoms with E-state index in [1.807, 2.05) is 0 Å². The minimum absolute atomic E-state index is 0.667. The van der Waals surface area contributed by atoms with Crippen LogP contribution in [-0.2, 0) is 0 Å². The number of anilines is 1. The van der Waals surface area contributed by atoms with Gasteiger partial charge in [0.2, 0.25) is 0 Å². The van der Waals surface area contributed by atoms with Crippen molar-refractivity contribution in [1.29, 1.82) is 0 Å². The molecule has 2 saturated heterocycles. The predicted octanol–water partition coefficient (Wildman–Crippen LogP) is 2.44. The van der Waals surface area contributed by atoms with E-state index in [-0.39, 0.29) is 0 Å². The Balaban J connectivity index is 1.45. The summed E-state index contributed by atoms with van der Waals surface area (Å²) in [5, 5.41) is 11.7. The van der Waals surface area contributed by atoms with Crippen molar-refractivity contribution in [3.63, 3.8) is 0 Å². The number of H-pyrrole nitrogens is 1. The second-order valence-electron chi connectivity index (χ2n) is 6.94. The molecule has 0 atom stereocenters. The number of hydrogen-bond acceptors (Lipinski definition) is 4. The molecular weight excluding hydrogens is 286 g/mol. The second-order valence-corrected chi connectivity index (χ2v) is 6.94. The first-order valence-electron chi connectivity index (χ1n) is 9.03. The van der Waals surface area contributed by atoms with Crippen LogP contribution in [0.25, 0.3) is 11.0 Å². The van der Waals surface area contributed by atoms with Gasteiger partial charge in [-0.25, -0.2) is 4.98 Å². The highest BCUT2D eigenvalue weighted by Gasteiger charge is 2.19. The molecule has 0 bridgehead atoms. The van der Waals surface area contributed by atoms with Crippen molar-refractivity contribution in [2.45, 2.75) is 31.6 Å². The number of aromatic amines is 1. The molecule has 5 heteroatoms. The topological polar surface area (TPSA) is 64.8 Å². The highest BCUT2D eigenvalue weighted by atomic mass is 15.0. The van der Waals surface area contributed by atoms with Crippen molar-refractivity contribution < 1.29 is 0 Å². The van der Waals surface area contributed by atoms with E-state index in [9.17, 15) is 0 Å². The molecule has 0 amide bonds. The SMILES string of the molecule is c1cc2c(C3CCNCC3)c[nH]c2nc1NCC1CCNCC1. The molecule has 124 valence electrons. The molecule has 4 rings (SSSR count). The van der Waals surface area contributed by atoms with E-state index in [1.54, 1.807) is 0 Å². The van der Waals surface area contributed by atoms with Crippen LogP contribution in [-0.4, -0.2) is 42.7 Å². The lowest BCUT2D eigenvalue weighted by atomic mass is 9.90. The average molecular weight is 313 g/mol. The number of piperidine rings is 2. The van der Waals surface area contributed by atoms with Crippen LogP contribution in [0.15, 0.2) is 18.3 Å². The first-order valence-corrected chi connectivity index (χ1v) is 9.03. The quantitative estimate of drug-likeness (QED) is 0.700. The van der Waals surface area contributed by atoms with Crippen molar-refractivity contribution in [1.82, 2.24) is 20.6 Å². The van der Waals surface area contributed by atoms with E-state index in [4.69, 9.17) is 4.98 Å². The summed E-state index contributed by atoms with van der Waals surface area (Å²) in [6.07, 6.45) is 7.14. The highest BCUT2D eigenvalue weighted by molar-refractivity contribution is 5.82. The lowest BCUT2D eigenvalue weighted by Crippen LogP contribution is -2.31. The monoisotopic (exact) mass is 313 g/mol. The van der Waals surface area contributed by atoms with Crippen molar-refractivity contribution in [3.8, 4) is 0 Å². The van der Waals surface area contributed by atoms with E-state index in [0.29, 0.717) is 5.92 Å². The van der Waals surface area contributed by atoms with Crippen LogP contribution in [0.1, 0.15) is 37.2 Å². The van der Waals surface area contributed by atoms with Crippen LogP contribution in [0.4, 0.5) is 5.82 Å². The van der Waals surface area contributed by atoms with Crippen molar-refractivity contribution in [2.24, 2.45) is 5.92 Å². The van der Waals surface area contributed by atoms with Crippen LogP contribution in [0.2, 0.25) is 0 Å². The van der Waals surface area contributed by atoms with Gasteiger partial charge in [0.05, 0.1) is 0 Å². The Bertz CT molecular complexity index is 638. The summed E-state index contributed by atoms with van der Waals surface area (Å²) in [5.41, 5.74) is 2.47. The van der Waals surface area contributed by atoms with Gasteiger partial charge in [0.15, 0.2) is 0 Å². The largest absolute Gasteiger partial charge is 0.370 e. The van der Waals surface area contributed by atoms with E-state index < -0.39 is 0 Å². The zero-order valence-electron chi connectivity index (χ0n) is 13.7. The summed E-state index contributed by atoms with van der Waals surface area (Å²) >= 11 is 0. The highest BCUT2D eigenvalue weighted by Crippen LogP contribution is 2.31. The molecule has 0 radical (unpaired) electrons. The maximum atomic E-state index is 4.78. The number of nitrogens with zero attached hydrogens (tertiary/aromatic N) is 1. The van der Waals surface area contributed by atoms with Gasteiger partial charge in [0, 0.05) is 18.1 Å². The fourth-order valence-corrected chi connectivity index (χ4v) is 3.93. The van der Waals surface area contributed by atoms with Gasteiger partial charge >= 0.3 is 0 Å². The van der Waals surface area contributed by atoms with Crippen LogP contribution < -0.4 is 16.0 Å². The molecule has 4 N–H and O–H groups in total. The second kappa shape index (κ2) is 6.89. The van der Waals surface area contributed by atoms with Gasteiger partial charge in [0.1, 0.15) is 11.5 Å². The maximum absolute atomic E-state index is 4.78. The van der Waals surface area contributed by atoms with Gasteiger partial charge < -0.3 is 20.9 Å². The van der Waals surface area contributed by atoms with Gasteiger partial charge in [-0.2, -0.15) is 0 Å². The van der Waals surface area contributed by atoms with E-state index in [0.717, 1.165) is 50.1 Å². The Labute approximate surface area is 137 Å². The van der Waals surface area contributed by atoms with E-state index in [2.05, 4.69) is 39.3 Å². The summed E-state index contributed by atoms with van der Waals surface area (Å²) in [7, 11) is 0. The summed E-state index contributed by atoms with van der Waals surface area (Å²) in [6.45, 7) is 5.58. The number of nitrogens with one attached hydrogen (secondary N) is 4. The smallest absolute Gasteiger partial charge is 0.139 e. The molecule has 4 heterocycles. The zero-order chi connectivity index (χ0) is 15.5. The third-order valence-corrected chi connectivity index (χ3v) is 5.38. The molecule has 2 fully saturated rings. The minimum atomic E-state index is 0.667. The normalized spacial score (nSPS) is 20.9. The summed E-state index contributed by atoms with van der Waals surface area (Å²) in [6, 6.07) is 4.38. The molecule has 2 aromatic heterocycles. The zero-order valence-corrected chi connectivity index (χ0v) is 13.7. The Morgan fingerprint density at radius 2 is 1.74 bits per heavy atom. The fourth-order valence-electron chi connectivity index (χ4n) is 3.93. The Morgan fingerprint density at radius 1 is 1.00 bits per heavy atom. The van der Waals surface area contributed by atoms with Crippen LogP contribution in [0.5, 0.6) is 0 Å². The number of fused-ring (bicyclic) bond motifs is 1. The van der Waals surface area contributed by atoms with Gasteiger partial charge in [0.25, 0.3) is 0 Å². The Morgan fingerprint density at radius 3 is 2.52 bits per heavy atom.